The molecule has 2 heterocycles. The van der Waals surface area contributed by atoms with Crippen LogP contribution in [0.4, 0.5) is 0 Å². The minimum absolute atomic E-state index is 0.132. The monoisotopic (exact) mass is 369 g/mol. The van der Waals surface area contributed by atoms with Crippen molar-refractivity contribution in [3.63, 3.8) is 0 Å². The highest BCUT2D eigenvalue weighted by molar-refractivity contribution is 6.22. The van der Waals surface area contributed by atoms with Crippen molar-refractivity contribution >= 4 is 17.7 Å². The Morgan fingerprint density at radius 3 is 2.04 bits per heavy atom. The fraction of sp³-hybridized carbons (Fsp3) is 0.571. The maximum atomic E-state index is 13.0. The molecule has 1 aromatic rings. The van der Waals surface area contributed by atoms with Gasteiger partial charge < -0.3 is 4.90 Å². The highest BCUT2D eigenvalue weighted by Gasteiger charge is 2.42. The predicted octanol–water partition coefficient (Wildman–Crippen LogP) is 2.15. The number of rotatable bonds is 3. The van der Waals surface area contributed by atoms with E-state index >= 15 is 0 Å². The number of carbonyl (C=O) groups is 3. The summed E-state index contributed by atoms with van der Waals surface area (Å²) in [6.45, 7) is 4.76. The van der Waals surface area contributed by atoms with Gasteiger partial charge in [0.15, 0.2) is 0 Å². The largest absolute Gasteiger partial charge is 0.338 e. The molecule has 3 aliphatic rings. The van der Waals surface area contributed by atoms with Gasteiger partial charge in [-0.25, -0.2) is 0 Å². The van der Waals surface area contributed by atoms with E-state index in [1.807, 2.05) is 4.90 Å². The lowest BCUT2D eigenvalue weighted by atomic mass is 9.94. The van der Waals surface area contributed by atoms with Gasteiger partial charge in [-0.05, 0) is 31.9 Å². The van der Waals surface area contributed by atoms with Crippen molar-refractivity contribution in [1.29, 1.82) is 0 Å². The Kier molecular flexibility index (Phi) is 5.00. The van der Waals surface area contributed by atoms with Crippen LogP contribution >= 0.6 is 0 Å². The van der Waals surface area contributed by atoms with Crippen LogP contribution in [0.1, 0.15) is 59.7 Å². The Balaban J connectivity index is 1.39. The van der Waals surface area contributed by atoms with E-state index in [9.17, 15) is 14.4 Å². The van der Waals surface area contributed by atoms with E-state index < -0.39 is 6.04 Å². The molecule has 0 spiro atoms. The van der Waals surface area contributed by atoms with E-state index in [0.29, 0.717) is 30.3 Å². The molecule has 144 valence electrons. The molecule has 1 aromatic carbocycles. The molecule has 0 aromatic heterocycles. The molecule has 1 aliphatic carbocycles. The fourth-order valence-corrected chi connectivity index (χ4v) is 4.69. The standard InChI is InChI=1S/C21H27N3O3/c1-15(24-20(26)17-9-5-6-10-18(17)21(24)27)19(25)23-13-11-22(12-14-23)16-7-3-2-4-8-16/h5-6,9-10,15-16H,2-4,7-8,11-14H2,1H3/t15-/m0/s1. The second kappa shape index (κ2) is 7.43. The molecule has 2 fully saturated rings. The van der Waals surface area contributed by atoms with Crippen LogP contribution in [0.25, 0.3) is 0 Å². The smallest absolute Gasteiger partial charge is 0.262 e. The summed E-state index contributed by atoms with van der Waals surface area (Å²) >= 11 is 0. The van der Waals surface area contributed by atoms with Crippen molar-refractivity contribution in [3.05, 3.63) is 35.4 Å². The molecule has 0 N–H and O–H groups in total. The molecule has 1 saturated heterocycles. The maximum Gasteiger partial charge on any atom is 0.262 e. The van der Waals surface area contributed by atoms with Gasteiger partial charge in [0.25, 0.3) is 11.8 Å². The number of amides is 3. The van der Waals surface area contributed by atoms with Crippen LogP contribution in [-0.4, -0.2) is 70.7 Å². The van der Waals surface area contributed by atoms with Gasteiger partial charge in [0.1, 0.15) is 6.04 Å². The first kappa shape index (κ1) is 18.2. The molecule has 4 rings (SSSR count). The van der Waals surface area contributed by atoms with Crippen LogP contribution in [0.5, 0.6) is 0 Å². The molecular weight excluding hydrogens is 342 g/mol. The molecule has 0 radical (unpaired) electrons. The average molecular weight is 369 g/mol. The Morgan fingerprint density at radius 1 is 0.926 bits per heavy atom. The van der Waals surface area contributed by atoms with Gasteiger partial charge in [-0.15, -0.1) is 0 Å². The van der Waals surface area contributed by atoms with Gasteiger partial charge in [0.05, 0.1) is 11.1 Å². The number of benzene rings is 1. The van der Waals surface area contributed by atoms with Crippen molar-refractivity contribution in [2.24, 2.45) is 0 Å². The van der Waals surface area contributed by atoms with Crippen molar-refractivity contribution < 1.29 is 14.4 Å². The summed E-state index contributed by atoms with van der Waals surface area (Å²) in [5.74, 6) is -0.859. The quantitative estimate of drug-likeness (QED) is 0.766. The van der Waals surface area contributed by atoms with E-state index in [-0.39, 0.29) is 17.7 Å². The van der Waals surface area contributed by atoms with Crippen molar-refractivity contribution in [2.45, 2.75) is 51.1 Å². The van der Waals surface area contributed by atoms with Crippen LogP contribution in [0.3, 0.4) is 0 Å². The molecule has 1 atom stereocenters. The zero-order chi connectivity index (χ0) is 19.0. The zero-order valence-electron chi connectivity index (χ0n) is 15.9. The third-order valence-corrected chi connectivity index (χ3v) is 6.29. The van der Waals surface area contributed by atoms with Crippen LogP contribution < -0.4 is 0 Å². The van der Waals surface area contributed by atoms with E-state index in [1.54, 1.807) is 31.2 Å². The number of nitrogens with zero attached hydrogens (tertiary/aromatic N) is 3. The average Bonchev–Trinajstić information content (AvgIpc) is 2.98. The Hall–Kier alpha value is -2.21. The molecule has 2 aliphatic heterocycles. The van der Waals surface area contributed by atoms with E-state index in [4.69, 9.17) is 0 Å². The van der Waals surface area contributed by atoms with Crippen LogP contribution in [-0.2, 0) is 4.79 Å². The highest BCUT2D eigenvalue weighted by Crippen LogP contribution is 2.26. The van der Waals surface area contributed by atoms with Gasteiger partial charge in [-0.1, -0.05) is 31.4 Å². The molecule has 3 amide bonds. The molecule has 6 heteroatoms. The third-order valence-electron chi connectivity index (χ3n) is 6.29. The van der Waals surface area contributed by atoms with Crippen molar-refractivity contribution in [2.75, 3.05) is 26.2 Å². The van der Waals surface area contributed by atoms with Crippen LogP contribution in [0.2, 0.25) is 0 Å². The minimum Gasteiger partial charge on any atom is -0.338 e. The first-order valence-corrected chi connectivity index (χ1v) is 10.1. The van der Waals surface area contributed by atoms with Gasteiger partial charge in [0, 0.05) is 32.2 Å². The van der Waals surface area contributed by atoms with Gasteiger partial charge in [-0.3, -0.25) is 24.2 Å². The zero-order valence-corrected chi connectivity index (χ0v) is 15.9. The second-order valence-electron chi connectivity index (χ2n) is 7.85. The topological polar surface area (TPSA) is 60.9 Å². The summed E-state index contributed by atoms with van der Waals surface area (Å²) in [6.07, 6.45) is 6.48. The summed E-state index contributed by atoms with van der Waals surface area (Å²) in [4.78, 5) is 43.7. The predicted molar refractivity (Wildman–Crippen MR) is 101 cm³/mol. The first-order valence-electron chi connectivity index (χ1n) is 10.1. The summed E-state index contributed by atoms with van der Waals surface area (Å²) in [6, 6.07) is 6.67. The number of carbonyl (C=O) groups excluding carboxylic acids is 3. The number of imide groups is 1. The molecule has 0 unspecified atom stereocenters. The molecule has 6 nitrogen and oxygen atoms in total. The van der Waals surface area contributed by atoms with Gasteiger partial charge >= 0.3 is 0 Å². The highest BCUT2D eigenvalue weighted by atomic mass is 16.2. The number of fused-ring (bicyclic) bond motifs is 1. The molecule has 1 saturated carbocycles. The first-order chi connectivity index (χ1) is 13.1. The third kappa shape index (κ3) is 3.27. The number of hydrogen-bond acceptors (Lipinski definition) is 4. The summed E-state index contributed by atoms with van der Waals surface area (Å²) in [5, 5.41) is 0. The molecule has 0 bridgehead atoms. The SMILES string of the molecule is C[C@@H](C(=O)N1CCN(C2CCCCC2)CC1)N1C(=O)c2ccccc2C1=O. The van der Waals surface area contributed by atoms with Crippen LogP contribution in [0.15, 0.2) is 24.3 Å². The van der Waals surface area contributed by atoms with Gasteiger partial charge in [-0.2, -0.15) is 0 Å². The van der Waals surface area contributed by atoms with E-state index in [2.05, 4.69) is 4.90 Å². The lowest BCUT2D eigenvalue weighted by Gasteiger charge is -2.41. The minimum atomic E-state index is -0.765. The fourth-order valence-electron chi connectivity index (χ4n) is 4.69. The summed E-state index contributed by atoms with van der Waals surface area (Å²) in [5.41, 5.74) is 0.786. The normalized spacial score (nSPS) is 22.9. The van der Waals surface area contributed by atoms with E-state index in [1.165, 1.54) is 32.1 Å². The molecule has 27 heavy (non-hydrogen) atoms. The summed E-state index contributed by atoms with van der Waals surface area (Å²) < 4.78 is 0. The maximum absolute atomic E-state index is 13.0. The van der Waals surface area contributed by atoms with Crippen molar-refractivity contribution in [1.82, 2.24) is 14.7 Å². The van der Waals surface area contributed by atoms with Gasteiger partial charge in [0.2, 0.25) is 5.91 Å². The number of piperazine rings is 1. The Morgan fingerprint density at radius 2 is 1.48 bits per heavy atom. The van der Waals surface area contributed by atoms with E-state index in [0.717, 1.165) is 18.0 Å². The summed E-state index contributed by atoms with van der Waals surface area (Å²) in [7, 11) is 0. The lowest BCUT2D eigenvalue weighted by Crippen LogP contribution is -2.56. The van der Waals surface area contributed by atoms with Crippen molar-refractivity contribution in [3.8, 4) is 0 Å². The molecular formula is C21H27N3O3. The second-order valence-corrected chi connectivity index (χ2v) is 7.85. The number of hydrogen-bond donors (Lipinski definition) is 0. The Labute approximate surface area is 160 Å². The Bertz CT molecular complexity index is 714. The van der Waals surface area contributed by atoms with Crippen LogP contribution in [0, 0.1) is 0 Å². The lowest BCUT2D eigenvalue weighted by molar-refractivity contribution is -0.137.